The smallest absolute Gasteiger partial charge is 0.308 e. The number of carbonyl (C=O) groups excluding carboxylic acids is 1. The molecular weight excluding hydrogens is 298 g/mol. The first-order chi connectivity index (χ1) is 11.1. The van der Waals surface area contributed by atoms with Gasteiger partial charge in [-0.15, -0.1) is 0 Å². The third-order valence-electron chi connectivity index (χ3n) is 4.20. The van der Waals surface area contributed by atoms with Crippen molar-refractivity contribution in [3.05, 3.63) is 29.8 Å². The van der Waals surface area contributed by atoms with Gasteiger partial charge in [-0.25, -0.2) is 0 Å². The number of aliphatic carboxylic acids is 1. The van der Waals surface area contributed by atoms with Crippen molar-refractivity contribution in [1.29, 1.82) is 0 Å². The van der Waals surface area contributed by atoms with Gasteiger partial charge in [0, 0.05) is 19.8 Å². The van der Waals surface area contributed by atoms with Gasteiger partial charge in [0.25, 0.3) is 0 Å². The maximum absolute atomic E-state index is 12.0. The van der Waals surface area contributed by atoms with Crippen molar-refractivity contribution >= 4 is 11.9 Å². The molecule has 1 aliphatic heterocycles. The number of carboxylic acids is 1. The van der Waals surface area contributed by atoms with Crippen LogP contribution in [0.25, 0.3) is 0 Å². The van der Waals surface area contributed by atoms with Crippen LogP contribution in [0, 0.1) is 11.8 Å². The average molecular weight is 321 g/mol. The number of nitrogens with one attached hydrogen (secondary N) is 1. The number of carboxylic acid groups (broad SMARTS) is 1. The Morgan fingerprint density at radius 3 is 2.52 bits per heavy atom. The predicted octanol–water partition coefficient (Wildman–Crippen LogP) is 1.48. The van der Waals surface area contributed by atoms with Crippen LogP contribution in [0.1, 0.15) is 18.4 Å². The highest BCUT2D eigenvalue weighted by Crippen LogP contribution is 2.23. The molecule has 6 nitrogen and oxygen atoms in total. The van der Waals surface area contributed by atoms with Gasteiger partial charge in [-0.05, 0) is 36.5 Å². The van der Waals surface area contributed by atoms with Crippen LogP contribution in [-0.2, 0) is 20.7 Å². The van der Waals surface area contributed by atoms with Gasteiger partial charge in [0.05, 0.1) is 19.4 Å². The van der Waals surface area contributed by atoms with Crippen molar-refractivity contribution in [3.8, 4) is 5.75 Å². The number of methoxy groups -OCH3 is 1. The molecule has 0 spiro atoms. The number of amides is 1. The molecule has 1 atom stereocenters. The van der Waals surface area contributed by atoms with Crippen molar-refractivity contribution in [1.82, 2.24) is 5.32 Å². The van der Waals surface area contributed by atoms with Crippen molar-refractivity contribution in [2.75, 3.05) is 26.9 Å². The van der Waals surface area contributed by atoms with E-state index in [0.717, 1.165) is 24.2 Å². The molecule has 0 radical (unpaired) electrons. The maximum Gasteiger partial charge on any atom is 0.308 e. The second-order valence-electron chi connectivity index (χ2n) is 5.72. The molecule has 126 valence electrons. The van der Waals surface area contributed by atoms with Gasteiger partial charge < -0.3 is 19.9 Å². The summed E-state index contributed by atoms with van der Waals surface area (Å²) < 4.78 is 10.3. The van der Waals surface area contributed by atoms with E-state index in [0.29, 0.717) is 13.2 Å². The fraction of sp³-hybridized carbons (Fsp3) is 0.529. The third kappa shape index (κ3) is 5.25. The van der Waals surface area contributed by atoms with Crippen LogP contribution >= 0.6 is 0 Å². The molecule has 6 heteroatoms. The molecule has 1 amide bonds. The Kier molecular flexibility index (Phi) is 6.40. The largest absolute Gasteiger partial charge is 0.497 e. The Labute approximate surface area is 135 Å². The standard InChI is InChI=1S/C17H23NO5/c1-22-14-4-2-12(3-5-14)10-16(19)18-11-15(17(20)21)13-6-8-23-9-7-13/h2-5,13,15H,6-11H2,1H3,(H,18,19)(H,20,21). The molecule has 23 heavy (non-hydrogen) atoms. The van der Waals surface area contributed by atoms with E-state index in [1.807, 2.05) is 12.1 Å². The summed E-state index contributed by atoms with van der Waals surface area (Å²) in [5.74, 6) is -0.795. The summed E-state index contributed by atoms with van der Waals surface area (Å²) in [4.78, 5) is 23.5. The summed E-state index contributed by atoms with van der Waals surface area (Å²) in [5.41, 5.74) is 0.862. The third-order valence-corrected chi connectivity index (χ3v) is 4.20. The lowest BCUT2D eigenvalue weighted by Gasteiger charge is -2.27. The Hall–Kier alpha value is -2.08. The first-order valence-corrected chi connectivity index (χ1v) is 7.80. The quantitative estimate of drug-likeness (QED) is 0.794. The molecule has 0 saturated carbocycles. The Morgan fingerprint density at radius 2 is 1.96 bits per heavy atom. The van der Waals surface area contributed by atoms with E-state index in [2.05, 4.69) is 5.32 Å². The monoisotopic (exact) mass is 321 g/mol. The van der Waals surface area contributed by atoms with E-state index in [4.69, 9.17) is 9.47 Å². The van der Waals surface area contributed by atoms with Crippen LogP contribution in [0.5, 0.6) is 5.75 Å². The van der Waals surface area contributed by atoms with E-state index in [1.54, 1.807) is 19.2 Å². The molecule has 1 fully saturated rings. The number of rotatable bonds is 7. The normalized spacial score (nSPS) is 16.6. The van der Waals surface area contributed by atoms with Crippen LogP contribution < -0.4 is 10.1 Å². The average Bonchev–Trinajstić information content (AvgIpc) is 2.56. The van der Waals surface area contributed by atoms with Gasteiger partial charge in [0.15, 0.2) is 0 Å². The number of hydrogen-bond donors (Lipinski definition) is 2. The molecule has 0 bridgehead atoms. The molecule has 1 aromatic carbocycles. The van der Waals surface area contributed by atoms with Crippen molar-refractivity contribution in [2.24, 2.45) is 11.8 Å². The summed E-state index contributed by atoms with van der Waals surface area (Å²) >= 11 is 0. The molecule has 2 N–H and O–H groups in total. The molecule has 1 unspecified atom stereocenters. The summed E-state index contributed by atoms with van der Waals surface area (Å²) in [6, 6.07) is 7.24. The van der Waals surface area contributed by atoms with Gasteiger partial charge in [-0.1, -0.05) is 12.1 Å². The van der Waals surface area contributed by atoms with Gasteiger partial charge >= 0.3 is 5.97 Å². The summed E-state index contributed by atoms with van der Waals surface area (Å²) in [6.07, 6.45) is 1.68. The highest BCUT2D eigenvalue weighted by molar-refractivity contribution is 5.79. The second-order valence-corrected chi connectivity index (χ2v) is 5.72. The zero-order valence-electron chi connectivity index (χ0n) is 13.3. The lowest BCUT2D eigenvalue weighted by Crippen LogP contribution is -2.39. The van der Waals surface area contributed by atoms with Gasteiger partial charge in [-0.3, -0.25) is 9.59 Å². The highest BCUT2D eigenvalue weighted by atomic mass is 16.5. The number of carbonyl (C=O) groups is 2. The predicted molar refractivity (Wildman–Crippen MR) is 84.4 cm³/mol. The van der Waals surface area contributed by atoms with E-state index in [9.17, 15) is 14.7 Å². The van der Waals surface area contributed by atoms with Crippen molar-refractivity contribution < 1.29 is 24.2 Å². The van der Waals surface area contributed by atoms with Crippen LogP contribution in [-0.4, -0.2) is 43.9 Å². The van der Waals surface area contributed by atoms with E-state index >= 15 is 0 Å². The Balaban J connectivity index is 1.84. The van der Waals surface area contributed by atoms with Crippen molar-refractivity contribution in [2.45, 2.75) is 19.3 Å². The first-order valence-electron chi connectivity index (χ1n) is 7.80. The van der Waals surface area contributed by atoms with E-state index in [-0.39, 0.29) is 24.8 Å². The molecule has 1 heterocycles. The number of hydrogen-bond acceptors (Lipinski definition) is 4. The molecule has 0 aromatic heterocycles. The summed E-state index contributed by atoms with van der Waals surface area (Å²) in [6.45, 7) is 1.34. The second kappa shape index (κ2) is 8.53. The highest BCUT2D eigenvalue weighted by Gasteiger charge is 2.29. The Bertz CT molecular complexity index is 522. The van der Waals surface area contributed by atoms with Crippen LogP contribution in [0.4, 0.5) is 0 Å². The van der Waals surface area contributed by atoms with Crippen molar-refractivity contribution in [3.63, 3.8) is 0 Å². The topological polar surface area (TPSA) is 84.9 Å². The molecule has 1 aromatic rings. The van der Waals surface area contributed by atoms with Crippen LogP contribution in [0.15, 0.2) is 24.3 Å². The minimum Gasteiger partial charge on any atom is -0.497 e. The lowest BCUT2D eigenvalue weighted by molar-refractivity contribution is -0.144. The van der Waals surface area contributed by atoms with Gasteiger partial charge in [0.1, 0.15) is 5.75 Å². The minimum atomic E-state index is -0.860. The van der Waals surface area contributed by atoms with Gasteiger partial charge in [0.2, 0.25) is 5.91 Å². The van der Waals surface area contributed by atoms with E-state index < -0.39 is 11.9 Å². The Morgan fingerprint density at radius 1 is 1.30 bits per heavy atom. The molecule has 1 aliphatic rings. The van der Waals surface area contributed by atoms with Crippen LogP contribution in [0.3, 0.4) is 0 Å². The molecule has 2 rings (SSSR count). The molecular formula is C17H23NO5. The zero-order valence-corrected chi connectivity index (χ0v) is 13.3. The fourth-order valence-electron chi connectivity index (χ4n) is 2.79. The van der Waals surface area contributed by atoms with Gasteiger partial charge in [-0.2, -0.15) is 0 Å². The number of ether oxygens (including phenoxy) is 2. The van der Waals surface area contributed by atoms with E-state index in [1.165, 1.54) is 0 Å². The molecule has 1 saturated heterocycles. The zero-order chi connectivity index (χ0) is 16.7. The summed E-state index contributed by atoms with van der Waals surface area (Å²) in [7, 11) is 1.59. The maximum atomic E-state index is 12.0. The first kappa shape index (κ1) is 17.3. The lowest BCUT2D eigenvalue weighted by atomic mass is 9.86. The molecule has 0 aliphatic carbocycles. The van der Waals surface area contributed by atoms with Crippen LogP contribution in [0.2, 0.25) is 0 Å². The SMILES string of the molecule is COc1ccc(CC(=O)NCC(C(=O)O)C2CCOCC2)cc1. The summed E-state index contributed by atoms with van der Waals surface area (Å²) in [5, 5.41) is 12.1. The number of benzene rings is 1. The fourth-order valence-corrected chi connectivity index (χ4v) is 2.79. The minimum absolute atomic E-state index is 0.0579.